The molecular weight excluding hydrogens is 266 g/mol. The van der Waals surface area contributed by atoms with Crippen LogP contribution in [0, 0.1) is 5.41 Å². The quantitative estimate of drug-likeness (QED) is 0.885. The largest absolute Gasteiger partial charge is 0.396 e. The summed E-state index contributed by atoms with van der Waals surface area (Å²) in [6, 6.07) is 4.02. The molecule has 1 saturated carbocycles. The number of hydrogen-bond donors (Lipinski definition) is 2. The van der Waals surface area contributed by atoms with Crippen LogP contribution in [0.15, 0.2) is 17.5 Å². The molecule has 2 N–H and O–H groups in total. The molecule has 0 spiro atoms. The van der Waals surface area contributed by atoms with Gasteiger partial charge in [0, 0.05) is 22.6 Å². The third-order valence-electron chi connectivity index (χ3n) is 3.59. The molecule has 0 bridgehead atoms. The van der Waals surface area contributed by atoms with Crippen molar-refractivity contribution in [2.24, 2.45) is 5.41 Å². The summed E-state index contributed by atoms with van der Waals surface area (Å²) in [5.41, 5.74) is 0.180. The molecule has 18 heavy (non-hydrogen) atoms. The van der Waals surface area contributed by atoms with Gasteiger partial charge < -0.3 is 10.4 Å². The Morgan fingerprint density at radius 3 is 2.94 bits per heavy atom. The molecule has 0 atom stereocenters. The first-order chi connectivity index (χ1) is 8.72. The molecule has 3 rings (SSSR count). The van der Waals surface area contributed by atoms with Crippen molar-refractivity contribution in [3.63, 3.8) is 0 Å². The Morgan fingerprint density at radius 2 is 2.28 bits per heavy atom. The van der Waals surface area contributed by atoms with Crippen molar-refractivity contribution in [3.8, 4) is 0 Å². The first-order valence-corrected chi connectivity index (χ1v) is 7.78. The van der Waals surface area contributed by atoms with Crippen molar-refractivity contribution in [2.75, 3.05) is 13.2 Å². The van der Waals surface area contributed by atoms with E-state index < -0.39 is 0 Å². The summed E-state index contributed by atoms with van der Waals surface area (Å²) in [6.07, 6.45) is 3.04. The average molecular weight is 281 g/mol. The molecule has 0 aliphatic heterocycles. The lowest BCUT2D eigenvalue weighted by atomic mass is 10.0. The number of aliphatic hydroxyl groups is 1. The van der Waals surface area contributed by atoms with E-state index in [1.807, 2.05) is 11.4 Å². The van der Waals surface area contributed by atoms with Crippen LogP contribution in [0.5, 0.6) is 0 Å². The number of aliphatic hydroxyl groups excluding tert-OH is 1. The van der Waals surface area contributed by atoms with E-state index in [2.05, 4.69) is 11.4 Å². The van der Waals surface area contributed by atoms with Crippen molar-refractivity contribution in [1.82, 2.24) is 5.32 Å². The van der Waals surface area contributed by atoms with Gasteiger partial charge in [0.15, 0.2) is 0 Å². The Labute approximate surface area is 113 Å². The summed E-state index contributed by atoms with van der Waals surface area (Å²) in [4.78, 5) is 12.8. The number of carbonyl (C=O) groups is 1. The molecule has 0 aromatic carbocycles. The molecule has 1 aliphatic carbocycles. The van der Waals surface area contributed by atoms with Crippen molar-refractivity contribution in [2.45, 2.75) is 19.3 Å². The van der Waals surface area contributed by atoms with E-state index in [0.717, 1.165) is 24.1 Å². The molecule has 2 heterocycles. The van der Waals surface area contributed by atoms with E-state index in [4.69, 9.17) is 5.11 Å². The van der Waals surface area contributed by atoms with Gasteiger partial charge in [-0.15, -0.1) is 22.7 Å². The molecule has 0 unspecified atom stereocenters. The van der Waals surface area contributed by atoms with E-state index in [1.165, 1.54) is 9.40 Å². The zero-order valence-electron chi connectivity index (χ0n) is 9.94. The lowest BCUT2D eigenvalue weighted by molar-refractivity contribution is 0.0945. The SMILES string of the molecule is O=C(NCC1(CCO)CC1)c1cc2sccc2s1. The van der Waals surface area contributed by atoms with Gasteiger partial charge in [0.25, 0.3) is 5.91 Å². The zero-order valence-corrected chi connectivity index (χ0v) is 11.6. The summed E-state index contributed by atoms with van der Waals surface area (Å²) in [5.74, 6) is 0.0209. The fourth-order valence-electron chi connectivity index (χ4n) is 2.16. The van der Waals surface area contributed by atoms with E-state index >= 15 is 0 Å². The minimum atomic E-state index is 0.0209. The predicted molar refractivity (Wildman–Crippen MR) is 75.4 cm³/mol. The van der Waals surface area contributed by atoms with Crippen LogP contribution in [0.25, 0.3) is 9.40 Å². The van der Waals surface area contributed by atoms with E-state index in [-0.39, 0.29) is 17.9 Å². The second kappa shape index (κ2) is 4.64. The summed E-state index contributed by atoms with van der Waals surface area (Å²) in [7, 11) is 0. The molecule has 5 heteroatoms. The maximum atomic E-state index is 12.0. The lowest BCUT2D eigenvalue weighted by Gasteiger charge is -2.13. The average Bonchev–Trinajstić information content (AvgIpc) is 2.80. The topological polar surface area (TPSA) is 49.3 Å². The number of thiophene rings is 2. The van der Waals surface area contributed by atoms with Crippen molar-refractivity contribution in [3.05, 3.63) is 22.4 Å². The minimum absolute atomic E-state index is 0.0209. The van der Waals surface area contributed by atoms with E-state index in [0.29, 0.717) is 6.54 Å². The van der Waals surface area contributed by atoms with Crippen LogP contribution in [-0.4, -0.2) is 24.2 Å². The summed E-state index contributed by atoms with van der Waals surface area (Å²) in [6.45, 7) is 0.905. The maximum absolute atomic E-state index is 12.0. The predicted octanol–water partition coefficient (Wildman–Crippen LogP) is 2.86. The van der Waals surface area contributed by atoms with Crippen LogP contribution in [0.2, 0.25) is 0 Å². The first kappa shape index (κ1) is 12.1. The van der Waals surface area contributed by atoms with Crippen LogP contribution < -0.4 is 5.32 Å². The molecule has 1 aliphatic rings. The maximum Gasteiger partial charge on any atom is 0.261 e. The molecule has 96 valence electrons. The second-order valence-corrected chi connectivity index (χ2v) is 6.95. The molecule has 2 aromatic rings. The Balaban J connectivity index is 1.63. The van der Waals surface area contributed by atoms with Crippen molar-refractivity contribution >= 4 is 38.0 Å². The summed E-state index contributed by atoms with van der Waals surface area (Å²) >= 11 is 3.21. The van der Waals surface area contributed by atoms with E-state index in [9.17, 15) is 4.79 Å². The van der Waals surface area contributed by atoms with Gasteiger partial charge in [0.2, 0.25) is 0 Å². The van der Waals surface area contributed by atoms with Crippen molar-refractivity contribution < 1.29 is 9.90 Å². The monoisotopic (exact) mass is 281 g/mol. The van der Waals surface area contributed by atoms with E-state index in [1.54, 1.807) is 22.7 Å². The summed E-state index contributed by atoms with van der Waals surface area (Å²) in [5, 5.41) is 14.0. The van der Waals surface area contributed by atoms with Gasteiger partial charge in [-0.1, -0.05) is 0 Å². The Hall–Kier alpha value is -0.910. The Kier molecular flexibility index (Phi) is 3.13. The normalized spacial score (nSPS) is 16.9. The third kappa shape index (κ3) is 2.30. The standard InChI is InChI=1S/C13H15NO2S2/c15-5-4-13(2-3-13)8-14-12(16)11-7-10-9(18-11)1-6-17-10/h1,6-7,15H,2-5,8H2,(H,14,16). The highest BCUT2D eigenvalue weighted by molar-refractivity contribution is 7.27. The molecule has 0 radical (unpaired) electrons. The number of carbonyl (C=O) groups excluding carboxylic acids is 1. The van der Waals surface area contributed by atoms with Crippen molar-refractivity contribution in [1.29, 1.82) is 0 Å². The molecule has 0 saturated heterocycles. The van der Waals surface area contributed by atoms with Gasteiger partial charge in [0.1, 0.15) is 0 Å². The fraction of sp³-hybridized carbons (Fsp3) is 0.462. The van der Waals surface area contributed by atoms with Gasteiger partial charge in [-0.2, -0.15) is 0 Å². The lowest BCUT2D eigenvalue weighted by Crippen LogP contribution is -2.30. The second-order valence-electron chi connectivity index (χ2n) is 4.92. The molecule has 3 nitrogen and oxygen atoms in total. The molecule has 2 aromatic heterocycles. The van der Waals surface area contributed by atoms with Gasteiger partial charge in [-0.05, 0) is 42.2 Å². The summed E-state index contributed by atoms with van der Waals surface area (Å²) < 4.78 is 2.36. The minimum Gasteiger partial charge on any atom is -0.396 e. The number of fused-ring (bicyclic) bond motifs is 1. The highest BCUT2D eigenvalue weighted by Gasteiger charge is 2.41. The van der Waals surface area contributed by atoms with Gasteiger partial charge in [-0.25, -0.2) is 0 Å². The highest BCUT2D eigenvalue weighted by Crippen LogP contribution is 2.48. The van der Waals surface area contributed by atoms with Gasteiger partial charge in [0.05, 0.1) is 4.88 Å². The van der Waals surface area contributed by atoms with Gasteiger partial charge in [-0.3, -0.25) is 4.79 Å². The Morgan fingerprint density at radius 1 is 1.44 bits per heavy atom. The smallest absolute Gasteiger partial charge is 0.261 e. The third-order valence-corrected chi connectivity index (χ3v) is 5.68. The zero-order chi connectivity index (χ0) is 12.6. The van der Waals surface area contributed by atoms with Gasteiger partial charge >= 0.3 is 0 Å². The number of nitrogens with one attached hydrogen (secondary N) is 1. The number of hydrogen-bond acceptors (Lipinski definition) is 4. The van der Waals surface area contributed by atoms with Crippen LogP contribution in [0.4, 0.5) is 0 Å². The number of rotatable bonds is 5. The first-order valence-electron chi connectivity index (χ1n) is 6.09. The molecule has 1 amide bonds. The van der Waals surface area contributed by atoms with Crippen LogP contribution in [-0.2, 0) is 0 Å². The van der Waals surface area contributed by atoms with Crippen LogP contribution in [0.3, 0.4) is 0 Å². The Bertz CT molecular complexity index is 540. The molecule has 1 fully saturated rings. The highest BCUT2D eigenvalue weighted by atomic mass is 32.1. The van der Waals surface area contributed by atoms with Crippen LogP contribution in [0.1, 0.15) is 28.9 Å². The van der Waals surface area contributed by atoms with Crippen LogP contribution >= 0.6 is 22.7 Å². The number of amides is 1. The molecular formula is C13H15NO2S2. The fourth-order valence-corrected chi connectivity index (χ4v) is 4.19.